The summed E-state index contributed by atoms with van der Waals surface area (Å²) in [6, 6.07) is 2.32. The minimum absolute atomic E-state index is 0.294. The standard InChI is InChI=1S/C13H21N5S/c1-9(2)14-13(19)17-12-15-10(3)8-11(16-12)18-6-4-5-7-18/h8-9H,4-7H2,1-3H3,(H2,14,15,16,17,19). The van der Waals surface area contributed by atoms with Crippen LogP contribution in [0.2, 0.25) is 0 Å². The maximum Gasteiger partial charge on any atom is 0.231 e. The largest absolute Gasteiger partial charge is 0.360 e. The SMILES string of the molecule is Cc1cc(N2CCCC2)nc(NC(=S)NC(C)C)n1. The number of nitrogens with zero attached hydrogens (tertiary/aromatic N) is 3. The highest BCUT2D eigenvalue weighted by atomic mass is 32.1. The summed E-state index contributed by atoms with van der Waals surface area (Å²) in [5.41, 5.74) is 0.951. The molecule has 0 amide bonds. The van der Waals surface area contributed by atoms with Crippen molar-refractivity contribution in [3.8, 4) is 0 Å². The zero-order chi connectivity index (χ0) is 13.8. The third-order valence-electron chi connectivity index (χ3n) is 2.92. The van der Waals surface area contributed by atoms with Crippen molar-refractivity contribution in [2.24, 2.45) is 0 Å². The zero-order valence-corrected chi connectivity index (χ0v) is 12.5. The number of hydrogen-bond acceptors (Lipinski definition) is 4. The third kappa shape index (κ3) is 4.02. The molecule has 2 rings (SSSR count). The van der Waals surface area contributed by atoms with Gasteiger partial charge in [-0.25, -0.2) is 4.98 Å². The first-order valence-corrected chi connectivity index (χ1v) is 7.13. The van der Waals surface area contributed by atoms with E-state index in [9.17, 15) is 0 Å². The molecule has 5 nitrogen and oxygen atoms in total. The van der Waals surface area contributed by atoms with Gasteiger partial charge in [0.05, 0.1) is 0 Å². The number of thiocarbonyl (C=S) groups is 1. The van der Waals surface area contributed by atoms with Gasteiger partial charge in [-0.1, -0.05) is 0 Å². The highest BCUT2D eigenvalue weighted by molar-refractivity contribution is 7.80. The van der Waals surface area contributed by atoms with Crippen LogP contribution < -0.4 is 15.5 Å². The lowest BCUT2D eigenvalue weighted by molar-refractivity contribution is 0.738. The topological polar surface area (TPSA) is 53.1 Å². The van der Waals surface area contributed by atoms with Crippen molar-refractivity contribution >= 4 is 29.1 Å². The molecule has 1 aliphatic rings. The summed E-state index contributed by atoms with van der Waals surface area (Å²) in [6.07, 6.45) is 2.47. The molecule has 0 radical (unpaired) electrons. The maximum absolute atomic E-state index is 5.22. The Labute approximate surface area is 119 Å². The van der Waals surface area contributed by atoms with Crippen molar-refractivity contribution in [3.05, 3.63) is 11.8 Å². The summed E-state index contributed by atoms with van der Waals surface area (Å²) in [5, 5.41) is 6.74. The fourth-order valence-corrected chi connectivity index (χ4v) is 2.44. The molecular weight excluding hydrogens is 258 g/mol. The molecule has 1 aromatic rings. The van der Waals surface area contributed by atoms with E-state index in [1.807, 2.05) is 26.8 Å². The van der Waals surface area contributed by atoms with Crippen molar-refractivity contribution in [1.82, 2.24) is 15.3 Å². The molecule has 0 aliphatic carbocycles. The van der Waals surface area contributed by atoms with Crippen molar-refractivity contribution in [2.75, 3.05) is 23.3 Å². The van der Waals surface area contributed by atoms with Crippen LogP contribution in [0.1, 0.15) is 32.4 Å². The van der Waals surface area contributed by atoms with Gasteiger partial charge in [0.1, 0.15) is 5.82 Å². The lowest BCUT2D eigenvalue weighted by Crippen LogP contribution is -2.34. The van der Waals surface area contributed by atoms with E-state index in [0.717, 1.165) is 24.6 Å². The van der Waals surface area contributed by atoms with Crippen molar-refractivity contribution in [3.63, 3.8) is 0 Å². The monoisotopic (exact) mass is 279 g/mol. The molecule has 0 unspecified atom stereocenters. The van der Waals surface area contributed by atoms with Gasteiger partial charge in [0.15, 0.2) is 5.11 Å². The van der Waals surface area contributed by atoms with E-state index >= 15 is 0 Å². The fraction of sp³-hybridized carbons (Fsp3) is 0.615. The second-order valence-electron chi connectivity index (χ2n) is 5.14. The molecule has 0 saturated carbocycles. The third-order valence-corrected chi connectivity index (χ3v) is 3.14. The van der Waals surface area contributed by atoms with Gasteiger partial charge in [-0.2, -0.15) is 4.98 Å². The van der Waals surface area contributed by atoms with E-state index in [2.05, 4.69) is 25.5 Å². The first-order chi connectivity index (χ1) is 9.04. The van der Waals surface area contributed by atoms with Crippen molar-refractivity contribution < 1.29 is 0 Å². The van der Waals surface area contributed by atoms with E-state index in [0.29, 0.717) is 17.1 Å². The molecule has 2 N–H and O–H groups in total. The number of aryl methyl sites for hydroxylation is 1. The molecule has 2 heterocycles. The molecule has 1 saturated heterocycles. The van der Waals surface area contributed by atoms with Crippen LogP contribution in [-0.4, -0.2) is 34.2 Å². The van der Waals surface area contributed by atoms with Gasteiger partial charge in [0.25, 0.3) is 0 Å². The van der Waals surface area contributed by atoms with Crippen LogP contribution in [-0.2, 0) is 0 Å². The van der Waals surface area contributed by atoms with Gasteiger partial charge < -0.3 is 15.5 Å². The summed E-state index contributed by atoms with van der Waals surface area (Å²) in [5.74, 6) is 1.56. The lowest BCUT2D eigenvalue weighted by atomic mass is 10.4. The van der Waals surface area contributed by atoms with Gasteiger partial charge in [-0.3, -0.25) is 0 Å². The molecular formula is C13H21N5S. The van der Waals surface area contributed by atoms with Gasteiger partial charge in [0.2, 0.25) is 5.95 Å². The van der Waals surface area contributed by atoms with Crippen molar-refractivity contribution in [2.45, 2.75) is 39.7 Å². The maximum atomic E-state index is 5.22. The second kappa shape index (κ2) is 6.14. The van der Waals surface area contributed by atoms with Crippen LogP contribution in [0.4, 0.5) is 11.8 Å². The Hall–Kier alpha value is -1.43. The Morgan fingerprint density at radius 1 is 1.32 bits per heavy atom. The molecule has 1 aromatic heterocycles. The summed E-state index contributed by atoms with van der Waals surface area (Å²) < 4.78 is 0. The normalized spacial score (nSPS) is 14.8. The molecule has 0 spiro atoms. The van der Waals surface area contributed by atoms with E-state index in [4.69, 9.17) is 12.2 Å². The predicted octanol–water partition coefficient (Wildman–Crippen LogP) is 2.08. The Balaban J connectivity index is 2.10. The predicted molar refractivity (Wildman–Crippen MR) is 82.7 cm³/mol. The molecule has 19 heavy (non-hydrogen) atoms. The van der Waals surface area contributed by atoms with Gasteiger partial charge in [-0.05, 0) is 45.8 Å². The fourth-order valence-electron chi connectivity index (χ4n) is 2.12. The molecule has 0 bridgehead atoms. The van der Waals surface area contributed by atoms with E-state index in [-0.39, 0.29) is 0 Å². The minimum atomic E-state index is 0.294. The first kappa shape index (κ1) is 14.0. The van der Waals surface area contributed by atoms with Crippen LogP contribution >= 0.6 is 12.2 Å². The number of anilines is 2. The summed E-state index contributed by atoms with van der Waals surface area (Å²) in [4.78, 5) is 11.2. The molecule has 1 fully saturated rings. The Morgan fingerprint density at radius 2 is 2.00 bits per heavy atom. The van der Waals surface area contributed by atoms with Crippen LogP contribution in [0, 0.1) is 6.92 Å². The first-order valence-electron chi connectivity index (χ1n) is 6.73. The molecule has 6 heteroatoms. The van der Waals surface area contributed by atoms with Crippen LogP contribution in [0.3, 0.4) is 0 Å². The molecule has 0 atom stereocenters. The number of hydrogen-bond donors (Lipinski definition) is 2. The highest BCUT2D eigenvalue weighted by Crippen LogP contribution is 2.19. The number of nitrogens with one attached hydrogen (secondary N) is 2. The van der Waals surface area contributed by atoms with E-state index in [1.165, 1.54) is 12.8 Å². The summed E-state index contributed by atoms with van der Waals surface area (Å²) in [6.45, 7) is 8.21. The van der Waals surface area contributed by atoms with Crippen LogP contribution in [0.15, 0.2) is 6.07 Å². The van der Waals surface area contributed by atoms with Crippen molar-refractivity contribution in [1.29, 1.82) is 0 Å². The molecule has 0 aromatic carbocycles. The minimum Gasteiger partial charge on any atom is -0.360 e. The Morgan fingerprint density at radius 3 is 2.63 bits per heavy atom. The summed E-state index contributed by atoms with van der Waals surface area (Å²) >= 11 is 5.22. The van der Waals surface area contributed by atoms with Gasteiger partial charge in [0, 0.05) is 30.9 Å². The van der Waals surface area contributed by atoms with Crippen LogP contribution in [0.25, 0.3) is 0 Å². The number of aromatic nitrogens is 2. The van der Waals surface area contributed by atoms with Gasteiger partial charge in [-0.15, -0.1) is 0 Å². The average molecular weight is 279 g/mol. The molecule has 1 aliphatic heterocycles. The summed E-state index contributed by atoms with van der Waals surface area (Å²) in [7, 11) is 0. The highest BCUT2D eigenvalue weighted by Gasteiger charge is 2.15. The van der Waals surface area contributed by atoms with Crippen LogP contribution in [0.5, 0.6) is 0 Å². The van der Waals surface area contributed by atoms with E-state index < -0.39 is 0 Å². The zero-order valence-electron chi connectivity index (χ0n) is 11.7. The average Bonchev–Trinajstić information content (AvgIpc) is 2.79. The smallest absolute Gasteiger partial charge is 0.231 e. The Bertz CT molecular complexity index is 454. The number of rotatable bonds is 3. The Kier molecular flexibility index (Phi) is 4.52. The van der Waals surface area contributed by atoms with Gasteiger partial charge >= 0.3 is 0 Å². The lowest BCUT2D eigenvalue weighted by Gasteiger charge is -2.18. The quantitative estimate of drug-likeness (QED) is 0.826. The van der Waals surface area contributed by atoms with E-state index in [1.54, 1.807) is 0 Å². The second-order valence-corrected chi connectivity index (χ2v) is 5.55. The molecule has 104 valence electrons.